The van der Waals surface area contributed by atoms with Gasteiger partial charge in [0.1, 0.15) is 17.7 Å². The van der Waals surface area contributed by atoms with Gasteiger partial charge in [0.05, 0.1) is 10.7 Å². The average Bonchev–Trinajstić information content (AvgIpc) is 2.75. The van der Waals surface area contributed by atoms with Gasteiger partial charge in [-0.15, -0.1) is 0 Å². The van der Waals surface area contributed by atoms with Gasteiger partial charge in [0.25, 0.3) is 0 Å². The fraction of sp³-hybridized carbons (Fsp3) is 0.250. The van der Waals surface area contributed by atoms with E-state index in [1.165, 1.54) is 6.42 Å². The summed E-state index contributed by atoms with van der Waals surface area (Å²) < 4.78 is 6.19. The van der Waals surface area contributed by atoms with Crippen molar-refractivity contribution in [2.75, 3.05) is 0 Å². The molecule has 0 N–H and O–H groups in total. The minimum Gasteiger partial charge on any atom is -0.473 e. The molecule has 4 rings (SSSR count). The zero-order valence-corrected chi connectivity index (χ0v) is 18.4. The van der Waals surface area contributed by atoms with E-state index in [2.05, 4.69) is 6.07 Å². The summed E-state index contributed by atoms with van der Waals surface area (Å²) in [6.07, 6.45) is 5.51. The highest BCUT2D eigenvalue weighted by Gasteiger charge is 2.22. The van der Waals surface area contributed by atoms with Gasteiger partial charge in [0.15, 0.2) is 0 Å². The normalized spacial score (nSPS) is 14.3. The number of rotatable bonds is 4. The van der Waals surface area contributed by atoms with Crippen LogP contribution in [-0.4, -0.2) is 11.1 Å². The van der Waals surface area contributed by atoms with Crippen LogP contribution in [-0.2, 0) is 0 Å². The van der Waals surface area contributed by atoms with E-state index < -0.39 is 0 Å². The van der Waals surface area contributed by atoms with Crippen LogP contribution in [0.2, 0.25) is 15.1 Å². The first-order valence-corrected chi connectivity index (χ1v) is 11.0. The van der Waals surface area contributed by atoms with E-state index in [1.54, 1.807) is 12.1 Å². The summed E-state index contributed by atoms with van der Waals surface area (Å²) in [5.74, 6) is 0.350. The Labute approximate surface area is 191 Å². The van der Waals surface area contributed by atoms with E-state index >= 15 is 0 Å². The van der Waals surface area contributed by atoms with Gasteiger partial charge in [-0.1, -0.05) is 53.4 Å². The molecule has 152 valence electrons. The third-order valence-corrected chi connectivity index (χ3v) is 6.08. The van der Waals surface area contributed by atoms with Crippen LogP contribution in [0.1, 0.15) is 37.7 Å². The summed E-state index contributed by atoms with van der Waals surface area (Å²) in [6.45, 7) is 0. The molecular formula is C24H19Cl3N2O. The topological polar surface area (TPSA) is 45.9 Å². The molecule has 0 atom stereocenters. The van der Waals surface area contributed by atoms with Crippen molar-refractivity contribution in [3.05, 3.63) is 69.2 Å². The van der Waals surface area contributed by atoms with Crippen LogP contribution >= 0.6 is 34.8 Å². The van der Waals surface area contributed by atoms with Gasteiger partial charge in [0.2, 0.25) is 5.88 Å². The minimum absolute atomic E-state index is 0.0771. The molecule has 0 aliphatic heterocycles. The van der Waals surface area contributed by atoms with Gasteiger partial charge in [-0.3, -0.25) is 0 Å². The fourth-order valence-electron chi connectivity index (χ4n) is 3.74. The molecule has 1 fully saturated rings. The second-order valence-electron chi connectivity index (χ2n) is 7.36. The molecule has 1 aromatic heterocycles. The van der Waals surface area contributed by atoms with Crippen molar-refractivity contribution >= 4 is 34.8 Å². The third-order valence-electron chi connectivity index (χ3n) is 5.28. The Morgan fingerprint density at radius 2 is 1.57 bits per heavy atom. The summed E-state index contributed by atoms with van der Waals surface area (Å²) in [5, 5.41) is 11.4. The molecule has 1 saturated carbocycles. The summed E-state index contributed by atoms with van der Waals surface area (Å²) >= 11 is 18.7. The standard InChI is InChI=1S/C24H19Cl3N2O/c25-17-8-6-15(7-9-17)21-12-16(14-28)24(30-19-4-2-1-3-5-19)29-23(21)20-11-10-18(26)13-22(20)27/h6-13,19H,1-5H2. The van der Waals surface area contributed by atoms with Gasteiger partial charge < -0.3 is 4.74 Å². The van der Waals surface area contributed by atoms with E-state index in [4.69, 9.17) is 44.5 Å². The highest BCUT2D eigenvalue weighted by molar-refractivity contribution is 6.36. The first-order chi connectivity index (χ1) is 14.5. The number of benzene rings is 2. The molecule has 0 radical (unpaired) electrons. The van der Waals surface area contributed by atoms with Gasteiger partial charge in [0, 0.05) is 21.2 Å². The number of pyridine rings is 1. The lowest BCUT2D eigenvalue weighted by molar-refractivity contribution is 0.148. The SMILES string of the molecule is N#Cc1cc(-c2ccc(Cl)cc2)c(-c2ccc(Cl)cc2Cl)nc1OC1CCCCC1. The van der Waals surface area contributed by atoms with Gasteiger partial charge in [-0.2, -0.15) is 5.26 Å². The van der Waals surface area contributed by atoms with Crippen LogP contribution in [0.15, 0.2) is 48.5 Å². The van der Waals surface area contributed by atoms with E-state index in [0.717, 1.165) is 42.4 Å². The van der Waals surface area contributed by atoms with Gasteiger partial charge in [-0.05, 0) is 67.6 Å². The largest absolute Gasteiger partial charge is 0.473 e. The van der Waals surface area contributed by atoms with Crippen LogP contribution in [0, 0.1) is 11.3 Å². The van der Waals surface area contributed by atoms with E-state index in [0.29, 0.717) is 32.2 Å². The molecular weight excluding hydrogens is 439 g/mol. The first kappa shape index (κ1) is 21.0. The van der Waals surface area contributed by atoms with E-state index in [-0.39, 0.29) is 6.10 Å². The van der Waals surface area contributed by atoms with Crippen LogP contribution in [0.25, 0.3) is 22.4 Å². The number of nitriles is 1. The van der Waals surface area contributed by atoms with E-state index in [1.807, 2.05) is 36.4 Å². The molecule has 2 aromatic carbocycles. The smallest absolute Gasteiger partial charge is 0.232 e. The summed E-state index contributed by atoms with van der Waals surface area (Å²) in [4.78, 5) is 4.79. The first-order valence-electron chi connectivity index (χ1n) is 9.88. The highest BCUT2D eigenvalue weighted by Crippen LogP contribution is 2.39. The van der Waals surface area contributed by atoms with Crippen molar-refractivity contribution in [1.82, 2.24) is 4.98 Å². The quantitative estimate of drug-likeness (QED) is 0.399. The van der Waals surface area contributed by atoms with Crippen LogP contribution in [0.5, 0.6) is 5.88 Å². The summed E-state index contributed by atoms with van der Waals surface area (Å²) in [6, 6.07) is 16.8. The lowest BCUT2D eigenvalue weighted by atomic mass is 9.97. The lowest BCUT2D eigenvalue weighted by Gasteiger charge is -2.23. The van der Waals surface area contributed by atoms with Crippen molar-refractivity contribution in [2.45, 2.75) is 38.2 Å². The molecule has 1 heterocycles. The van der Waals surface area contributed by atoms with Crippen LogP contribution < -0.4 is 4.74 Å². The molecule has 0 spiro atoms. The van der Waals surface area contributed by atoms with Crippen molar-refractivity contribution in [3.63, 3.8) is 0 Å². The number of hydrogen-bond donors (Lipinski definition) is 0. The Kier molecular flexibility index (Phi) is 6.49. The zero-order chi connectivity index (χ0) is 21.1. The lowest BCUT2D eigenvalue weighted by Crippen LogP contribution is -2.20. The maximum Gasteiger partial charge on any atom is 0.232 e. The summed E-state index contributed by atoms with van der Waals surface area (Å²) in [5.41, 5.74) is 3.43. The van der Waals surface area contributed by atoms with Crippen molar-refractivity contribution in [3.8, 4) is 34.3 Å². The van der Waals surface area contributed by atoms with Gasteiger partial charge >= 0.3 is 0 Å². The molecule has 1 aliphatic rings. The summed E-state index contributed by atoms with van der Waals surface area (Å²) in [7, 11) is 0. The second kappa shape index (κ2) is 9.27. The Morgan fingerprint density at radius 1 is 0.867 bits per heavy atom. The monoisotopic (exact) mass is 456 g/mol. The number of hydrogen-bond acceptors (Lipinski definition) is 3. The average molecular weight is 458 g/mol. The predicted molar refractivity (Wildman–Crippen MR) is 122 cm³/mol. The van der Waals surface area contributed by atoms with Crippen LogP contribution in [0.4, 0.5) is 0 Å². The Balaban J connectivity index is 1.87. The number of nitrogens with zero attached hydrogens (tertiary/aromatic N) is 2. The third kappa shape index (κ3) is 4.57. The highest BCUT2D eigenvalue weighted by atomic mass is 35.5. The Morgan fingerprint density at radius 3 is 2.23 bits per heavy atom. The van der Waals surface area contributed by atoms with Crippen LogP contribution in [0.3, 0.4) is 0 Å². The van der Waals surface area contributed by atoms with Crippen molar-refractivity contribution < 1.29 is 4.74 Å². The molecule has 1 aliphatic carbocycles. The minimum atomic E-state index is 0.0771. The van der Waals surface area contributed by atoms with Crippen molar-refractivity contribution in [2.24, 2.45) is 0 Å². The molecule has 0 unspecified atom stereocenters. The molecule has 30 heavy (non-hydrogen) atoms. The zero-order valence-electron chi connectivity index (χ0n) is 16.2. The Bertz CT molecular complexity index is 1100. The number of aromatic nitrogens is 1. The van der Waals surface area contributed by atoms with Crippen molar-refractivity contribution in [1.29, 1.82) is 5.26 Å². The maximum atomic E-state index is 9.78. The second-order valence-corrected chi connectivity index (χ2v) is 8.64. The van der Waals surface area contributed by atoms with Gasteiger partial charge in [-0.25, -0.2) is 4.98 Å². The maximum absolute atomic E-state index is 9.78. The molecule has 3 aromatic rings. The van der Waals surface area contributed by atoms with E-state index in [9.17, 15) is 5.26 Å². The number of halogens is 3. The predicted octanol–water partition coefficient (Wildman–Crippen LogP) is 7.96. The number of ether oxygens (including phenoxy) is 1. The fourth-order valence-corrected chi connectivity index (χ4v) is 4.37. The molecule has 3 nitrogen and oxygen atoms in total. The molecule has 0 amide bonds. The molecule has 6 heteroatoms. The Hall–Kier alpha value is -2.25. The molecule has 0 bridgehead atoms. The molecule has 0 saturated heterocycles.